The molecular formula is C16H15N3O4. The molecule has 0 atom stereocenters. The van der Waals surface area contributed by atoms with Gasteiger partial charge in [-0.15, -0.1) is 0 Å². The number of para-hydroxylation sites is 1. The van der Waals surface area contributed by atoms with Crippen LogP contribution >= 0.6 is 0 Å². The molecule has 0 aliphatic rings. The molecule has 0 unspecified atom stereocenters. The Kier molecular flexibility index (Phi) is 4.93. The summed E-state index contributed by atoms with van der Waals surface area (Å²) in [4.78, 5) is 35.1. The molecular weight excluding hydrogens is 298 g/mol. The summed E-state index contributed by atoms with van der Waals surface area (Å²) in [5, 5.41) is 4.80. The Morgan fingerprint density at radius 3 is 2.13 bits per heavy atom. The Morgan fingerprint density at radius 1 is 0.913 bits per heavy atom. The molecule has 3 amide bonds. The second-order valence-electron chi connectivity index (χ2n) is 4.55. The number of hydrogen-bond acceptors (Lipinski definition) is 4. The van der Waals surface area contributed by atoms with E-state index in [4.69, 9.17) is 10.5 Å². The van der Waals surface area contributed by atoms with Gasteiger partial charge in [-0.25, -0.2) is 0 Å². The second kappa shape index (κ2) is 7.08. The van der Waals surface area contributed by atoms with Gasteiger partial charge in [-0.3, -0.25) is 14.4 Å². The maximum absolute atomic E-state index is 11.9. The normalized spacial score (nSPS) is 9.78. The minimum absolute atomic E-state index is 0.123. The number of benzene rings is 2. The highest BCUT2D eigenvalue weighted by Crippen LogP contribution is 2.16. The standard InChI is InChI=1S/C16H15N3O4/c1-23-11-8-6-10(7-9-11)18-15(21)16(22)19-13-5-3-2-4-12(13)14(17)20/h2-9H,1H3,(H2,17,20)(H,18,21)(H,19,22). The number of primary amides is 1. The maximum Gasteiger partial charge on any atom is 0.314 e. The van der Waals surface area contributed by atoms with Crippen molar-refractivity contribution in [2.75, 3.05) is 17.7 Å². The lowest BCUT2D eigenvalue weighted by Gasteiger charge is -2.09. The van der Waals surface area contributed by atoms with E-state index in [-0.39, 0.29) is 11.3 Å². The van der Waals surface area contributed by atoms with Gasteiger partial charge >= 0.3 is 11.8 Å². The minimum atomic E-state index is -0.908. The van der Waals surface area contributed by atoms with Crippen LogP contribution in [-0.4, -0.2) is 24.8 Å². The highest BCUT2D eigenvalue weighted by molar-refractivity contribution is 6.44. The number of nitrogens with one attached hydrogen (secondary N) is 2. The maximum atomic E-state index is 11.9. The Bertz CT molecular complexity index is 741. The van der Waals surface area contributed by atoms with Gasteiger partial charge in [0.05, 0.1) is 18.4 Å². The SMILES string of the molecule is COc1ccc(NC(=O)C(=O)Nc2ccccc2C(N)=O)cc1. The molecule has 0 aromatic heterocycles. The van der Waals surface area contributed by atoms with Crippen molar-refractivity contribution in [3.8, 4) is 5.75 Å². The molecule has 0 spiro atoms. The van der Waals surface area contributed by atoms with Gasteiger partial charge in [0.25, 0.3) is 5.91 Å². The average Bonchev–Trinajstić information content (AvgIpc) is 2.55. The third kappa shape index (κ3) is 4.07. The van der Waals surface area contributed by atoms with E-state index < -0.39 is 17.7 Å². The van der Waals surface area contributed by atoms with Crippen LogP contribution in [0.3, 0.4) is 0 Å². The summed E-state index contributed by atoms with van der Waals surface area (Å²) in [7, 11) is 1.53. The lowest BCUT2D eigenvalue weighted by molar-refractivity contribution is -0.133. The molecule has 4 N–H and O–H groups in total. The molecule has 2 aromatic rings. The van der Waals surface area contributed by atoms with Gasteiger partial charge in [-0.05, 0) is 36.4 Å². The van der Waals surface area contributed by atoms with E-state index >= 15 is 0 Å². The van der Waals surface area contributed by atoms with E-state index in [1.54, 1.807) is 36.4 Å². The summed E-state index contributed by atoms with van der Waals surface area (Å²) in [5.41, 5.74) is 5.95. The molecule has 0 heterocycles. The molecule has 0 radical (unpaired) electrons. The fraction of sp³-hybridized carbons (Fsp3) is 0.0625. The zero-order valence-corrected chi connectivity index (χ0v) is 12.3. The molecule has 0 aliphatic heterocycles. The highest BCUT2D eigenvalue weighted by atomic mass is 16.5. The summed E-state index contributed by atoms with van der Waals surface area (Å²) in [5.74, 6) is -1.84. The fourth-order valence-electron chi connectivity index (χ4n) is 1.85. The predicted octanol–water partition coefficient (Wildman–Crippen LogP) is 1.37. The summed E-state index contributed by atoms with van der Waals surface area (Å²) >= 11 is 0. The zero-order chi connectivity index (χ0) is 16.8. The van der Waals surface area contributed by atoms with Crippen LogP contribution in [0, 0.1) is 0 Å². The van der Waals surface area contributed by atoms with Crippen LogP contribution in [0.4, 0.5) is 11.4 Å². The lowest BCUT2D eigenvalue weighted by atomic mass is 10.1. The Morgan fingerprint density at radius 2 is 1.52 bits per heavy atom. The first-order valence-corrected chi connectivity index (χ1v) is 6.66. The number of hydrogen-bond donors (Lipinski definition) is 3. The lowest BCUT2D eigenvalue weighted by Crippen LogP contribution is -2.30. The molecule has 0 fully saturated rings. The number of rotatable bonds is 4. The topological polar surface area (TPSA) is 111 Å². The third-order valence-corrected chi connectivity index (χ3v) is 2.99. The van der Waals surface area contributed by atoms with Crippen molar-refractivity contribution >= 4 is 29.1 Å². The van der Waals surface area contributed by atoms with Crippen LogP contribution in [0.2, 0.25) is 0 Å². The van der Waals surface area contributed by atoms with E-state index in [9.17, 15) is 14.4 Å². The van der Waals surface area contributed by atoms with Crippen molar-refractivity contribution in [3.63, 3.8) is 0 Å². The Labute approximate surface area is 132 Å². The summed E-state index contributed by atoms with van der Waals surface area (Å²) in [6.07, 6.45) is 0. The van der Waals surface area contributed by atoms with E-state index in [1.807, 2.05) is 0 Å². The molecule has 118 valence electrons. The molecule has 0 saturated heterocycles. The van der Waals surface area contributed by atoms with E-state index in [0.29, 0.717) is 11.4 Å². The van der Waals surface area contributed by atoms with Crippen molar-refractivity contribution in [3.05, 3.63) is 54.1 Å². The third-order valence-electron chi connectivity index (χ3n) is 2.99. The van der Waals surface area contributed by atoms with Crippen LogP contribution < -0.4 is 21.1 Å². The van der Waals surface area contributed by atoms with Gasteiger partial charge in [0.15, 0.2) is 0 Å². The van der Waals surface area contributed by atoms with Crippen LogP contribution in [0.25, 0.3) is 0 Å². The average molecular weight is 313 g/mol. The van der Waals surface area contributed by atoms with Gasteiger partial charge in [-0.2, -0.15) is 0 Å². The second-order valence-corrected chi connectivity index (χ2v) is 4.55. The van der Waals surface area contributed by atoms with E-state index in [0.717, 1.165) is 0 Å². The largest absolute Gasteiger partial charge is 0.497 e. The van der Waals surface area contributed by atoms with Gasteiger partial charge in [0, 0.05) is 5.69 Å². The number of ether oxygens (including phenoxy) is 1. The van der Waals surface area contributed by atoms with Crippen molar-refractivity contribution in [1.82, 2.24) is 0 Å². The van der Waals surface area contributed by atoms with Crippen molar-refractivity contribution in [2.45, 2.75) is 0 Å². The summed E-state index contributed by atoms with van der Waals surface area (Å²) < 4.78 is 5.00. The molecule has 0 saturated carbocycles. The number of methoxy groups -OCH3 is 1. The predicted molar refractivity (Wildman–Crippen MR) is 85.2 cm³/mol. The smallest absolute Gasteiger partial charge is 0.314 e. The molecule has 0 bridgehead atoms. The molecule has 7 nitrogen and oxygen atoms in total. The Balaban J connectivity index is 2.05. The van der Waals surface area contributed by atoms with Crippen LogP contribution in [0.1, 0.15) is 10.4 Å². The zero-order valence-electron chi connectivity index (χ0n) is 12.3. The van der Waals surface area contributed by atoms with Gasteiger partial charge < -0.3 is 21.1 Å². The minimum Gasteiger partial charge on any atom is -0.497 e. The molecule has 2 rings (SSSR count). The van der Waals surface area contributed by atoms with Crippen LogP contribution in [0.5, 0.6) is 5.75 Å². The molecule has 2 aromatic carbocycles. The van der Waals surface area contributed by atoms with Gasteiger partial charge in [0.1, 0.15) is 5.75 Å². The quantitative estimate of drug-likeness (QED) is 0.740. The van der Waals surface area contributed by atoms with Gasteiger partial charge in [-0.1, -0.05) is 12.1 Å². The van der Waals surface area contributed by atoms with Crippen molar-refractivity contribution in [1.29, 1.82) is 0 Å². The molecule has 0 aliphatic carbocycles. The first-order valence-electron chi connectivity index (χ1n) is 6.66. The Hall–Kier alpha value is -3.35. The number of anilines is 2. The number of carbonyl (C=O) groups excluding carboxylic acids is 3. The number of nitrogens with two attached hydrogens (primary N) is 1. The number of amides is 3. The fourth-order valence-corrected chi connectivity index (χ4v) is 1.85. The van der Waals surface area contributed by atoms with Crippen molar-refractivity contribution < 1.29 is 19.1 Å². The monoisotopic (exact) mass is 313 g/mol. The van der Waals surface area contributed by atoms with Gasteiger partial charge in [0.2, 0.25) is 0 Å². The van der Waals surface area contributed by atoms with E-state index in [1.165, 1.54) is 19.2 Å². The molecule has 7 heteroatoms. The summed E-state index contributed by atoms with van der Waals surface area (Å²) in [6.45, 7) is 0. The first-order chi connectivity index (χ1) is 11.0. The highest BCUT2D eigenvalue weighted by Gasteiger charge is 2.17. The van der Waals surface area contributed by atoms with Crippen LogP contribution in [0.15, 0.2) is 48.5 Å². The number of carbonyl (C=O) groups is 3. The van der Waals surface area contributed by atoms with Crippen molar-refractivity contribution in [2.24, 2.45) is 5.73 Å². The van der Waals surface area contributed by atoms with E-state index in [2.05, 4.69) is 10.6 Å². The molecule has 23 heavy (non-hydrogen) atoms. The van der Waals surface area contributed by atoms with Crippen LogP contribution in [-0.2, 0) is 9.59 Å². The first kappa shape index (κ1) is 16.0. The summed E-state index contributed by atoms with van der Waals surface area (Å²) in [6, 6.07) is 12.7.